The first-order valence-corrected chi connectivity index (χ1v) is 6.91. The lowest BCUT2D eigenvalue weighted by atomic mass is 9.99. The summed E-state index contributed by atoms with van der Waals surface area (Å²) in [5.74, 6) is -0.548. The summed E-state index contributed by atoms with van der Waals surface area (Å²) in [5, 5.41) is 12.5. The van der Waals surface area contributed by atoms with Gasteiger partial charge in [0.15, 0.2) is 6.10 Å². The van der Waals surface area contributed by atoms with Crippen LogP contribution in [-0.2, 0) is 14.3 Å². The topological polar surface area (TPSA) is 84.9 Å². The molecule has 1 unspecified atom stereocenters. The first-order chi connectivity index (χ1) is 9.06. The molecule has 1 amide bonds. The first-order valence-electron chi connectivity index (χ1n) is 6.91. The van der Waals surface area contributed by atoms with E-state index in [0.29, 0.717) is 6.42 Å². The molecular weight excluding hydrogens is 262 g/mol. The normalized spacial score (nSPS) is 14.6. The van der Waals surface area contributed by atoms with Gasteiger partial charge in [0.2, 0.25) is 0 Å². The highest BCUT2D eigenvalue weighted by atomic mass is 16.6. The molecule has 0 rings (SSSR count). The highest BCUT2D eigenvalue weighted by Gasteiger charge is 2.30. The molecule has 0 spiro atoms. The molecule has 0 heterocycles. The molecule has 0 aromatic heterocycles. The quantitative estimate of drug-likeness (QED) is 0.729. The molecule has 2 atom stereocenters. The lowest BCUT2D eigenvalue weighted by Crippen LogP contribution is -2.49. The van der Waals surface area contributed by atoms with E-state index in [1.54, 1.807) is 27.7 Å². The van der Waals surface area contributed by atoms with Gasteiger partial charge in [-0.15, -0.1) is 0 Å². The van der Waals surface area contributed by atoms with Crippen LogP contribution in [0.4, 0.5) is 4.79 Å². The molecule has 0 fully saturated rings. The molecule has 0 bridgehead atoms. The van der Waals surface area contributed by atoms with E-state index in [1.165, 1.54) is 0 Å². The Bertz CT molecular complexity index is 322. The molecule has 0 saturated carbocycles. The second-order valence-electron chi connectivity index (χ2n) is 6.08. The number of alkyl carbamates (subject to hydrolysis) is 1. The third-order valence-corrected chi connectivity index (χ3v) is 2.34. The number of aliphatic hydroxyl groups is 1. The number of nitrogens with one attached hydrogen (secondary N) is 1. The monoisotopic (exact) mass is 289 g/mol. The van der Waals surface area contributed by atoms with Crippen molar-refractivity contribution < 1.29 is 24.2 Å². The molecule has 2 N–H and O–H groups in total. The van der Waals surface area contributed by atoms with E-state index in [1.807, 2.05) is 13.8 Å². The molecule has 0 aromatic carbocycles. The minimum Gasteiger partial charge on any atom is -0.464 e. The van der Waals surface area contributed by atoms with Gasteiger partial charge in [-0.3, -0.25) is 0 Å². The molecular formula is C14H27NO5. The van der Waals surface area contributed by atoms with Gasteiger partial charge in [0.05, 0.1) is 12.6 Å². The maximum atomic E-state index is 11.7. The Hall–Kier alpha value is -1.30. The van der Waals surface area contributed by atoms with Crippen LogP contribution in [-0.4, -0.2) is 41.5 Å². The minimum absolute atomic E-state index is 0.177. The molecule has 0 aromatic rings. The number of carbonyl (C=O) groups is 2. The van der Waals surface area contributed by atoms with Gasteiger partial charge in [-0.05, 0) is 40.0 Å². The molecule has 0 aliphatic heterocycles. The molecule has 0 aliphatic carbocycles. The predicted molar refractivity (Wildman–Crippen MR) is 75.3 cm³/mol. The summed E-state index contributed by atoms with van der Waals surface area (Å²) in [6.07, 6.45) is -1.62. The summed E-state index contributed by atoms with van der Waals surface area (Å²) in [6, 6.07) is -0.733. The van der Waals surface area contributed by atoms with Gasteiger partial charge in [-0.1, -0.05) is 13.8 Å². The summed E-state index contributed by atoms with van der Waals surface area (Å²) in [7, 11) is 0. The van der Waals surface area contributed by atoms with Crippen LogP contribution in [0, 0.1) is 5.92 Å². The van der Waals surface area contributed by atoms with Gasteiger partial charge in [-0.2, -0.15) is 0 Å². The maximum absolute atomic E-state index is 11.7. The zero-order chi connectivity index (χ0) is 15.9. The Morgan fingerprint density at radius 2 is 1.80 bits per heavy atom. The van der Waals surface area contributed by atoms with Crippen LogP contribution in [0.3, 0.4) is 0 Å². The van der Waals surface area contributed by atoms with Gasteiger partial charge in [0.25, 0.3) is 0 Å². The van der Waals surface area contributed by atoms with Crippen molar-refractivity contribution in [3.8, 4) is 0 Å². The van der Waals surface area contributed by atoms with Crippen molar-refractivity contribution in [2.24, 2.45) is 5.92 Å². The van der Waals surface area contributed by atoms with Crippen LogP contribution >= 0.6 is 0 Å². The zero-order valence-electron chi connectivity index (χ0n) is 13.2. The van der Waals surface area contributed by atoms with Crippen LogP contribution in [0.15, 0.2) is 0 Å². The molecule has 0 aliphatic rings. The third kappa shape index (κ3) is 7.99. The third-order valence-electron chi connectivity index (χ3n) is 2.34. The van der Waals surface area contributed by atoms with E-state index < -0.39 is 29.8 Å². The summed E-state index contributed by atoms with van der Waals surface area (Å²) in [5.41, 5.74) is -0.638. The second-order valence-corrected chi connectivity index (χ2v) is 6.08. The van der Waals surface area contributed by atoms with Crippen molar-refractivity contribution in [1.29, 1.82) is 0 Å². The average molecular weight is 289 g/mol. The smallest absolute Gasteiger partial charge is 0.407 e. The summed E-state index contributed by atoms with van der Waals surface area (Å²) in [4.78, 5) is 23.3. The largest absolute Gasteiger partial charge is 0.464 e. The van der Waals surface area contributed by atoms with E-state index in [0.717, 1.165) is 0 Å². The first kappa shape index (κ1) is 18.7. The number of hydrogen-bond acceptors (Lipinski definition) is 5. The lowest BCUT2D eigenvalue weighted by Gasteiger charge is -2.26. The second kappa shape index (κ2) is 8.09. The van der Waals surface area contributed by atoms with E-state index >= 15 is 0 Å². The Labute approximate surface area is 120 Å². The van der Waals surface area contributed by atoms with Gasteiger partial charge in [0, 0.05) is 0 Å². The number of aliphatic hydroxyl groups excluding tert-OH is 1. The van der Waals surface area contributed by atoms with E-state index in [4.69, 9.17) is 9.47 Å². The van der Waals surface area contributed by atoms with Crippen molar-refractivity contribution in [3.05, 3.63) is 0 Å². The van der Waals surface area contributed by atoms with Crippen molar-refractivity contribution in [3.63, 3.8) is 0 Å². The number of carbonyl (C=O) groups excluding carboxylic acids is 2. The molecule has 20 heavy (non-hydrogen) atoms. The lowest BCUT2D eigenvalue weighted by molar-refractivity contribution is -0.154. The number of esters is 1. The Balaban J connectivity index is 4.71. The number of rotatable bonds is 6. The van der Waals surface area contributed by atoms with Crippen LogP contribution in [0.2, 0.25) is 0 Å². The Morgan fingerprint density at radius 3 is 2.20 bits per heavy atom. The van der Waals surface area contributed by atoms with Crippen LogP contribution in [0.5, 0.6) is 0 Å². The van der Waals surface area contributed by atoms with Gasteiger partial charge in [0.1, 0.15) is 5.60 Å². The highest BCUT2D eigenvalue weighted by Crippen LogP contribution is 2.12. The van der Waals surface area contributed by atoms with Crippen molar-refractivity contribution in [1.82, 2.24) is 5.32 Å². The van der Waals surface area contributed by atoms with E-state index in [-0.39, 0.29) is 12.5 Å². The highest BCUT2D eigenvalue weighted by molar-refractivity contribution is 5.77. The van der Waals surface area contributed by atoms with Crippen molar-refractivity contribution in [2.45, 2.75) is 65.7 Å². The fourth-order valence-corrected chi connectivity index (χ4v) is 1.63. The van der Waals surface area contributed by atoms with E-state index in [9.17, 15) is 14.7 Å². The van der Waals surface area contributed by atoms with Crippen molar-refractivity contribution >= 4 is 12.1 Å². The van der Waals surface area contributed by atoms with E-state index in [2.05, 4.69) is 5.32 Å². The van der Waals surface area contributed by atoms with Crippen LogP contribution in [0.25, 0.3) is 0 Å². The molecule has 6 heteroatoms. The minimum atomic E-state index is -1.40. The fourth-order valence-electron chi connectivity index (χ4n) is 1.63. The Kier molecular flexibility index (Phi) is 7.57. The molecule has 0 saturated heterocycles. The van der Waals surface area contributed by atoms with Crippen molar-refractivity contribution in [2.75, 3.05) is 6.61 Å². The molecule has 0 radical (unpaired) electrons. The van der Waals surface area contributed by atoms with Gasteiger partial charge in [-0.25, -0.2) is 9.59 Å². The number of amides is 1. The number of hydrogen-bond donors (Lipinski definition) is 2. The average Bonchev–Trinajstić information content (AvgIpc) is 2.24. The Morgan fingerprint density at radius 1 is 1.25 bits per heavy atom. The maximum Gasteiger partial charge on any atom is 0.407 e. The summed E-state index contributed by atoms with van der Waals surface area (Å²) < 4.78 is 9.89. The standard InChI is InChI=1S/C14H27NO5/c1-7-19-12(17)11(16)10(8-9(2)3)15-13(18)20-14(4,5)6/h9-11,16H,7-8H2,1-6H3,(H,15,18)/t10-,11?/m0/s1. The summed E-state index contributed by atoms with van der Waals surface area (Å²) >= 11 is 0. The SMILES string of the molecule is CCOC(=O)C(O)[C@H](CC(C)C)NC(=O)OC(C)(C)C. The number of ether oxygens (including phenoxy) is 2. The van der Waals surface area contributed by atoms with Gasteiger partial charge < -0.3 is 19.9 Å². The van der Waals surface area contributed by atoms with Crippen LogP contribution in [0.1, 0.15) is 48.0 Å². The van der Waals surface area contributed by atoms with Gasteiger partial charge >= 0.3 is 12.1 Å². The predicted octanol–water partition coefficient (Wildman–Crippen LogP) is 1.85. The molecule has 6 nitrogen and oxygen atoms in total. The molecule has 118 valence electrons. The van der Waals surface area contributed by atoms with Crippen LogP contribution < -0.4 is 5.32 Å². The zero-order valence-corrected chi connectivity index (χ0v) is 13.2. The summed E-state index contributed by atoms with van der Waals surface area (Å²) in [6.45, 7) is 10.9. The fraction of sp³-hybridized carbons (Fsp3) is 0.857.